The summed E-state index contributed by atoms with van der Waals surface area (Å²) in [5.74, 6) is -0.270. The van der Waals surface area contributed by atoms with Gasteiger partial charge in [-0.15, -0.1) is 0 Å². The van der Waals surface area contributed by atoms with E-state index in [1.807, 2.05) is 0 Å². The molecule has 1 aromatic rings. The van der Waals surface area contributed by atoms with Gasteiger partial charge in [-0.1, -0.05) is 0 Å². The number of carbonyl (C=O) groups is 2. The lowest BCUT2D eigenvalue weighted by Gasteiger charge is -2.07. The fraction of sp³-hybridized carbons (Fsp3) is 0.545. The zero-order chi connectivity index (χ0) is 13.7. The van der Waals surface area contributed by atoms with Crippen molar-refractivity contribution < 1.29 is 14.3 Å². The maximum atomic E-state index is 11.7. The van der Waals surface area contributed by atoms with Gasteiger partial charge in [0.2, 0.25) is 5.91 Å². The third-order valence-corrected chi connectivity index (χ3v) is 2.33. The zero-order valence-electron chi connectivity index (χ0n) is 11.0. The van der Waals surface area contributed by atoms with Crippen LogP contribution in [0, 0.1) is 6.92 Å². The van der Waals surface area contributed by atoms with E-state index in [-0.39, 0.29) is 13.0 Å². The summed E-state index contributed by atoms with van der Waals surface area (Å²) >= 11 is 0. The summed E-state index contributed by atoms with van der Waals surface area (Å²) in [6.45, 7) is 3.74. The number of amides is 1. The minimum atomic E-state index is -0.539. The summed E-state index contributed by atoms with van der Waals surface area (Å²) in [4.78, 5) is 22.8. The van der Waals surface area contributed by atoms with Gasteiger partial charge in [-0.05, 0) is 13.8 Å². The SMILES string of the molecule is CCOC(=O)CC(=O)Nc1c(C)nn(C)c1NC. The highest BCUT2D eigenvalue weighted by molar-refractivity contribution is 6.03. The van der Waals surface area contributed by atoms with Gasteiger partial charge in [-0.25, -0.2) is 0 Å². The van der Waals surface area contributed by atoms with Crippen LogP contribution >= 0.6 is 0 Å². The summed E-state index contributed by atoms with van der Waals surface area (Å²) in [7, 11) is 3.50. The van der Waals surface area contributed by atoms with Gasteiger partial charge < -0.3 is 15.4 Å². The summed E-state index contributed by atoms with van der Waals surface area (Å²) in [5.41, 5.74) is 1.26. The zero-order valence-corrected chi connectivity index (χ0v) is 11.0. The largest absolute Gasteiger partial charge is 0.466 e. The number of nitrogens with one attached hydrogen (secondary N) is 2. The molecule has 0 atom stereocenters. The number of ether oxygens (including phenoxy) is 1. The first-order chi connectivity index (χ1) is 8.49. The van der Waals surface area contributed by atoms with Gasteiger partial charge in [0.05, 0.1) is 12.3 Å². The molecule has 1 amide bonds. The van der Waals surface area contributed by atoms with Crippen LogP contribution in [-0.4, -0.2) is 35.3 Å². The molecule has 0 bridgehead atoms. The van der Waals surface area contributed by atoms with Crippen LogP contribution in [0.5, 0.6) is 0 Å². The van der Waals surface area contributed by atoms with Gasteiger partial charge in [-0.2, -0.15) is 5.10 Å². The molecule has 0 radical (unpaired) electrons. The smallest absolute Gasteiger partial charge is 0.315 e. The van der Waals surface area contributed by atoms with E-state index in [0.29, 0.717) is 17.2 Å². The van der Waals surface area contributed by atoms with Crippen LogP contribution in [0.3, 0.4) is 0 Å². The number of hydrogen-bond acceptors (Lipinski definition) is 5. The molecular formula is C11H18N4O3. The summed E-state index contributed by atoms with van der Waals surface area (Å²) in [6, 6.07) is 0. The fourth-order valence-corrected chi connectivity index (χ4v) is 1.62. The lowest BCUT2D eigenvalue weighted by molar-refractivity contribution is -0.145. The molecule has 1 heterocycles. The Morgan fingerprint density at radius 3 is 2.67 bits per heavy atom. The molecule has 7 nitrogen and oxygen atoms in total. The van der Waals surface area contributed by atoms with E-state index in [4.69, 9.17) is 4.74 Å². The Balaban J connectivity index is 2.73. The summed E-state index contributed by atoms with van der Waals surface area (Å²) in [5, 5.41) is 9.77. The van der Waals surface area contributed by atoms with E-state index in [9.17, 15) is 9.59 Å². The summed E-state index contributed by atoms with van der Waals surface area (Å²) < 4.78 is 6.33. The van der Waals surface area contributed by atoms with Crippen molar-refractivity contribution in [3.8, 4) is 0 Å². The highest BCUT2D eigenvalue weighted by Crippen LogP contribution is 2.24. The number of aromatic nitrogens is 2. The molecule has 0 aliphatic heterocycles. The van der Waals surface area contributed by atoms with Crippen LogP contribution in [0.15, 0.2) is 0 Å². The standard InChI is InChI=1S/C11H18N4O3/c1-5-18-9(17)6-8(16)13-10-7(2)14-15(4)11(10)12-3/h12H,5-6H2,1-4H3,(H,13,16). The number of hydrogen-bond donors (Lipinski definition) is 2. The molecule has 0 saturated carbocycles. The van der Waals surface area contributed by atoms with Gasteiger partial charge in [0, 0.05) is 14.1 Å². The van der Waals surface area contributed by atoms with Crippen molar-refractivity contribution in [1.82, 2.24) is 9.78 Å². The Hall–Kier alpha value is -2.05. The molecule has 7 heteroatoms. The van der Waals surface area contributed by atoms with E-state index in [2.05, 4.69) is 15.7 Å². The maximum absolute atomic E-state index is 11.7. The lowest BCUT2D eigenvalue weighted by atomic mass is 10.3. The Labute approximate surface area is 105 Å². The van der Waals surface area contributed by atoms with Crippen LogP contribution in [0.1, 0.15) is 19.0 Å². The lowest BCUT2D eigenvalue weighted by Crippen LogP contribution is -2.19. The number of nitrogens with zero attached hydrogens (tertiary/aromatic N) is 2. The molecule has 0 aliphatic rings. The topological polar surface area (TPSA) is 85.2 Å². The van der Waals surface area contributed by atoms with Crippen molar-refractivity contribution in [2.24, 2.45) is 7.05 Å². The van der Waals surface area contributed by atoms with E-state index in [1.54, 1.807) is 32.6 Å². The highest BCUT2D eigenvalue weighted by Gasteiger charge is 2.17. The fourth-order valence-electron chi connectivity index (χ4n) is 1.62. The van der Waals surface area contributed by atoms with Crippen LogP contribution in [0.25, 0.3) is 0 Å². The van der Waals surface area contributed by atoms with Crippen LogP contribution in [-0.2, 0) is 21.4 Å². The number of esters is 1. The van der Waals surface area contributed by atoms with Crippen molar-refractivity contribution >= 4 is 23.4 Å². The van der Waals surface area contributed by atoms with Crippen molar-refractivity contribution in [3.63, 3.8) is 0 Å². The number of rotatable bonds is 5. The normalized spacial score (nSPS) is 10.0. The first-order valence-corrected chi connectivity index (χ1v) is 5.66. The second kappa shape index (κ2) is 6.04. The van der Waals surface area contributed by atoms with Crippen molar-refractivity contribution in [1.29, 1.82) is 0 Å². The average Bonchev–Trinajstić information content (AvgIpc) is 2.53. The highest BCUT2D eigenvalue weighted by atomic mass is 16.5. The van der Waals surface area contributed by atoms with Crippen molar-refractivity contribution in [2.75, 3.05) is 24.3 Å². The quantitative estimate of drug-likeness (QED) is 0.595. The van der Waals surface area contributed by atoms with Gasteiger partial charge in [0.15, 0.2) is 0 Å². The molecule has 0 fully saturated rings. The number of anilines is 2. The molecular weight excluding hydrogens is 236 g/mol. The predicted molar refractivity (Wildman–Crippen MR) is 67.4 cm³/mol. The third kappa shape index (κ3) is 3.22. The molecule has 0 spiro atoms. The number of aryl methyl sites for hydroxylation is 2. The Morgan fingerprint density at radius 2 is 2.11 bits per heavy atom. The first-order valence-electron chi connectivity index (χ1n) is 5.66. The van der Waals surface area contributed by atoms with Gasteiger partial charge in [0.25, 0.3) is 0 Å². The molecule has 0 aromatic carbocycles. The molecule has 100 valence electrons. The second-order valence-corrected chi connectivity index (χ2v) is 3.71. The van der Waals surface area contributed by atoms with Gasteiger partial charge in [0.1, 0.15) is 17.9 Å². The molecule has 0 unspecified atom stereocenters. The van der Waals surface area contributed by atoms with Crippen LogP contribution in [0.4, 0.5) is 11.5 Å². The molecule has 0 aliphatic carbocycles. The van der Waals surface area contributed by atoms with Gasteiger partial charge in [-0.3, -0.25) is 14.3 Å². The Morgan fingerprint density at radius 1 is 1.44 bits per heavy atom. The molecule has 18 heavy (non-hydrogen) atoms. The van der Waals surface area contributed by atoms with E-state index in [0.717, 1.165) is 0 Å². The Kier molecular flexibility index (Phi) is 4.70. The monoisotopic (exact) mass is 254 g/mol. The van der Waals surface area contributed by atoms with E-state index in [1.165, 1.54) is 0 Å². The van der Waals surface area contributed by atoms with Gasteiger partial charge >= 0.3 is 5.97 Å². The predicted octanol–water partition coefficient (Wildman–Crippen LogP) is 0.662. The molecule has 2 N–H and O–H groups in total. The van der Waals surface area contributed by atoms with Crippen LogP contribution < -0.4 is 10.6 Å². The molecule has 1 aromatic heterocycles. The van der Waals surface area contributed by atoms with Crippen LogP contribution in [0.2, 0.25) is 0 Å². The third-order valence-electron chi connectivity index (χ3n) is 2.33. The van der Waals surface area contributed by atoms with E-state index >= 15 is 0 Å². The molecule has 0 saturated heterocycles. The van der Waals surface area contributed by atoms with Crippen molar-refractivity contribution in [2.45, 2.75) is 20.3 Å². The minimum Gasteiger partial charge on any atom is -0.466 e. The molecule has 1 rings (SSSR count). The van der Waals surface area contributed by atoms with E-state index < -0.39 is 11.9 Å². The Bertz CT molecular complexity index is 453. The first kappa shape index (κ1) is 14.0. The number of carbonyl (C=O) groups excluding carboxylic acids is 2. The van der Waals surface area contributed by atoms with Crippen molar-refractivity contribution in [3.05, 3.63) is 5.69 Å². The maximum Gasteiger partial charge on any atom is 0.315 e. The second-order valence-electron chi connectivity index (χ2n) is 3.71. The minimum absolute atomic E-state index is 0.264. The average molecular weight is 254 g/mol. The summed E-state index contributed by atoms with van der Waals surface area (Å²) in [6.07, 6.45) is -0.300.